The molecule has 4 nitrogen and oxygen atoms in total. The minimum Gasteiger partial charge on any atom is -0.308 e. The van der Waals surface area contributed by atoms with Crippen molar-refractivity contribution in [1.82, 2.24) is 20.7 Å². The van der Waals surface area contributed by atoms with Gasteiger partial charge in [-0.3, -0.25) is 0 Å². The van der Waals surface area contributed by atoms with Crippen LogP contribution in [0.2, 0.25) is 0 Å². The molecule has 2 N–H and O–H groups in total. The van der Waals surface area contributed by atoms with Gasteiger partial charge in [0.1, 0.15) is 11.4 Å². The van der Waals surface area contributed by atoms with E-state index in [-0.39, 0.29) is 0 Å². The zero-order chi connectivity index (χ0) is 14.5. The summed E-state index contributed by atoms with van der Waals surface area (Å²) in [6.45, 7) is 3.08. The van der Waals surface area contributed by atoms with Gasteiger partial charge in [0.2, 0.25) is 0 Å². The van der Waals surface area contributed by atoms with Gasteiger partial charge in [-0.05, 0) is 25.7 Å². The van der Waals surface area contributed by atoms with Crippen molar-refractivity contribution in [1.29, 1.82) is 0 Å². The summed E-state index contributed by atoms with van der Waals surface area (Å²) < 4.78 is 0. The minimum absolute atomic E-state index is 0.547. The van der Waals surface area contributed by atoms with Crippen molar-refractivity contribution < 1.29 is 0 Å². The Labute approximate surface area is 126 Å². The maximum absolute atomic E-state index is 4.31. The molecule has 0 amide bonds. The average molecular weight is 284 g/mol. The zero-order valence-electron chi connectivity index (χ0n) is 12.7. The van der Waals surface area contributed by atoms with E-state index in [0.29, 0.717) is 6.04 Å². The first kappa shape index (κ1) is 14.3. The lowest BCUT2D eigenvalue weighted by Crippen LogP contribution is -2.34. The number of H-pyrrole nitrogens is 1. The van der Waals surface area contributed by atoms with Crippen LogP contribution in [0.3, 0.4) is 0 Å². The molecule has 1 aliphatic rings. The van der Waals surface area contributed by atoms with E-state index in [2.05, 4.69) is 39.8 Å². The highest BCUT2D eigenvalue weighted by Crippen LogP contribution is 2.26. The molecule has 1 fully saturated rings. The Hall–Kier alpha value is -1.68. The Morgan fingerprint density at radius 3 is 2.67 bits per heavy atom. The second-order valence-electron chi connectivity index (χ2n) is 6.05. The maximum atomic E-state index is 4.31. The zero-order valence-corrected chi connectivity index (χ0v) is 12.7. The second-order valence-corrected chi connectivity index (χ2v) is 6.05. The van der Waals surface area contributed by atoms with Gasteiger partial charge in [0, 0.05) is 18.2 Å². The van der Waals surface area contributed by atoms with E-state index in [1.807, 2.05) is 18.2 Å². The van der Waals surface area contributed by atoms with Gasteiger partial charge in [0.25, 0.3) is 0 Å². The Balaban J connectivity index is 1.62. The fourth-order valence-corrected chi connectivity index (χ4v) is 3.26. The SMILES string of the molecule is C[C@@H](NCc1n[nH]nc1-c1ccccc1)C1CCCCC1. The van der Waals surface area contributed by atoms with E-state index in [4.69, 9.17) is 0 Å². The van der Waals surface area contributed by atoms with Crippen molar-refractivity contribution >= 4 is 0 Å². The van der Waals surface area contributed by atoms with Gasteiger partial charge in [-0.2, -0.15) is 15.4 Å². The van der Waals surface area contributed by atoms with Crippen molar-refractivity contribution in [3.63, 3.8) is 0 Å². The molecule has 0 aliphatic heterocycles. The smallest absolute Gasteiger partial charge is 0.117 e. The average Bonchev–Trinajstić information content (AvgIpc) is 3.03. The first-order valence-corrected chi connectivity index (χ1v) is 8.03. The van der Waals surface area contributed by atoms with Gasteiger partial charge >= 0.3 is 0 Å². The minimum atomic E-state index is 0.547. The standard InChI is InChI=1S/C17H24N4/c1-13(14-8-4-2-5-9-14)18-12-16-17(20-21-19-16)15-10-6-3-7-11-15/h3,6-7,10-11,13-14,18H,2,4-5,8-9,12H2,1H3,(H,19,20,21)/t13-/m1/s1. The lowest BCUT2D eigenvalue weighted by atomic mass is 9.84. The van der Waals surface area contributed by atoms with Crippen molar-refractivity contribution in [2.75, 3.05) is 0 Å². The quantitative estimate of drug-likeness (QED) is 0.883. The molecule has 1 aliphatic carbocycles. The molecule has 21 heavy (non-hydrogen) atoms. The predicted octanol–water partition coefficient (Wildman–Crippen LogP) is 3.53. The van der Waals surface area contributed by atoms with Crippen LogP contribution in [0.15, 0.2) is 30.3 Å². The molecule has 1 aromatic carbocycles. The predicted molar refractivity (Wildman–Crippen MR) is 84.7 cm³/mol. The highest BCUT2D eigenvalue weighted by Gasteiger charge is 2.20. The summed E-state index contributed by atoms with van der Waals surface area (Å²) in [5.41, 5.74) is 3.08. The van der Waals surface area contributed by atoms with Crippen LogP contribution in [0, 0.1) is 5.92 Å². The third-order valence-electron chi connectivity index (χ3n) is 4.62. The van der Waals surface area contributed by atoms with Gasteiger partial charge in [-0.15, -0.1) is 0 Å². The van der Waals surface area contributed by atoms with Crippen molar-refractivity contribution in [3.05, 3.63) is 36.0 Å². The molecule has 0 unspecified atom stereocenters. The molecule has 4 heteroatoms. The summed E-state index contributed by atoms with van der Waals surface area (Å²) >= 11 is 0. The van der Waals surface area contributed by atoms with E-state index in [1.54, 1.807) is 0 Å². The Morgan fingerprint density at radius 1 is 1.14 bits per heavy atom. The summed E-state index contributed by atoms with van der Waals surface area (Å²) in [4.78, 5) is 0. The van der Waals surface area contributed by atoms with Crippen LogP contribution in [0.1, 0.15) is 44.7 Å². The highest BCUT2D eigenvalue weighted by atomic mass is 15.3. The summed E-state index contributed by atoms with van der Waals surface area (Å²) in [6, 6.07) is 10.8. The molecule has 1 aromatic heterocycles. The van der Waals surface area contributed by atoms with Crippen molar-refractivity contribution in [2.45, 2.75) is 51.6 Å². The van der Waals surface area contributed by atoms with Crippen LogP contribution in [-0.2, 0) is 6.54 Å². The first-order chi connectivity index (χ1) is 10.3. The van der Waals surface area contributed by atoms with Crippen LogP contribution in [0.25, 0.3) is 11.3 Å². The lowest BCUT2D eigenvalue weighted by Gasteiger charge is -2.28. The fourth-order valence-electron chi connectivity index (χ4n) is 3.26. The Bertz CT molecular complexity index is 543. The number of nitrogens with one attached hydrogen (secondary N) is 2. The Morgan fingerprint density at radius 2 is 1.90 bits per heavy atom. The van der Waals surface area contributed by atoms with Gasteiger partial charge < -0.3 is 5.32 Å². The van der Waals surface area contributed by atoms with E-state index in [9.17, 15) is 0 Å². The summed E-state index contributed by atoms with van der Waals surface area (Å²) in [6.07, 6.45) is 6.90. The molecule has 0 spiro atoms. The molecule has 1 saturated carbocycles. The molecular formula is C17H24N4. The van der Waals surface area contributed by atoms with Crippen LogP contribution in [0.5, 0.6) is 0 Å². The van der Waals surface area contributed by atoms with Crippen LogP contribution >= 0.6 is 0 Å². The number of aromatic nitrogens is 3. The maximum Gasteiger partial charge on any atom is 0.117 e. The second kappa shape index (κ2) is 6.85. The summed E-state index contributed by atoms with van der Waals surface area (Å²) in [7, 11) is 0. The third kappa shape index (κ3) is 3.50. The van der Waals surface area contributed by atoms with Crippen molar-refractivity contribution in [3.8, 4) is 11.3 Å². The van der Waals surface area contributed by atoms with Crippen LogP contribution in [-0.4, -0.2) is 21.5 Å². The first-order valence-electron chi connectivity index (χ1n) is 8.03. The number of nitrogens with zero attached hydrogens (tertiary/aromatic N) is 2. The van der Waals surface area contributed by atoms with E-state index < -0.39 is 0 Å². The van der Waals surface area contributed by atoms with Gasteiger partial charge in [0.05, 0.1) is 0 Å². The molecule has 0 saturated heterocycles. The summed E-state index contributed by atoms with van der Waals surface area (Å²) in [5.74, 6) is 0.811. The van der Waals surface area contributed by atoms with E-state index >= 15 is 0 Å². The molecule has 1 atom stereocenters. The lowest BCUT2D eigenvalue weighted by molar-refractivity contribution is 0.280. The largest absolute Gasteiger partial charge is 0.308 e. The number of hydrogen-bond donors (Lipinski definition) is 2. The number of aromatic amines is 1. The topological polar surface area (TPSA) is 53.6 Å². The van der Waals surface area contributed by atoms with E-state index in [0.717, 1.165) is 29.4 Å². The summed E-state index contributed by atoms with van der Waals surface area (Å²) in [5, 5.41) is 15.0. The number of hydrogen-bond acceptors (Lipinski definition) is 3. The van der Waals surface area contributed by atoms with Gasteiger partial charge in [-0.1, -0.05) is 49.6 Å². The normalized spacial score (nSPS) is 17.8. The van der Waals surface area contributed by atoms with E-state index in [1.165, 1.54) is 32.1 Å². The Kier molecular flexibility index (Phi) is 4.65. The van der Waals surface area contributed by atoms with Crippen LogP contribution in [0.4, 0.5) is 0 Å². The number of benzene rings is 1. The highest BCUT2D eigenvalue weighted by molar-refractivity contribution is 5.60. The molecule has 112 valence electrons. The molecule has 3 rings (SSSR count). The van der Waals surface area contributed by atoms with Gasteiger partial charge in [0.15, 0.2) is 0 Å². The fraction of sp³-hybridized carbons (Fsp3) is 0.529. The number of rotatable bonds is 5. The molecule has 2 aromatic rings. The van der Waals surface area contributed by atoms with Crippen molar-refractivity contribution in [2.24, 2.45) is 5.92 Å². The molecular weight excluding hydrogens is 260 g/mol. The van der Waals surface area contributed by atoms with Gasteiger partial charge in [-0.25, -0.2) is 0 Å². The monoisotopic (exact) mass is 284 g/mol. The molecule has 0 bridgehead atoms. The van der Waals surface area contributed by atoms with Crippen LogP contribution < -0.4 is 5.32 Å². The third-order valence-corrected chi connectivity index (χ3v) is 4.62. The molecule has 1 heterocycles. The molecule has 0 radical (unpaired) electrons.